The summed E-state index contributed by atoms with van der Waals surface area (Å²) in [6.07, 6.45) is 6.39. The molecule has 3 atom stereocenters. The maximum atomic E-state index is 13.5. The van der Waals surface area contributed by atoms with Crippen molar-refractivity contribution in [3.8, 4) is 12.3 Å². The summed E-state index contributed by atoms with van der Waals surface area (Å²) in [7, 11) is 0. The quantitative estimate of drug-likeness (QED) is 0.625. The number of nitrogens with zero attached hydrogens (tertiary/aromatic N) is 3. The standard InChI is InChI=1S/C25H32N4O4/c1-7-17-8-16(6)20(26-11-17)12-27-24(31)21-9-18(30)13-29(21)25(32)23(15(4)5)22-10-19(14(2)3)28-33-22/h1,8,10-11,14-15,18,21,23,30H,9,12-13H2,2-6H3,(H,27,31)/t18-,21+,23+/m1/s1. The monoisotopic (exact) mass is 452 g/mol. The van der Waals surface area contributed by atoms with Gasteiger partial charge < -0.3 is 19.8 Å². The number of carbonyl (C=O) groups is 2. The summed E-state index contributed by atoms with van der Waals surface area (Å²) < 4.78 is 5.51. The van der Waals surface area contributed by atoms with E-state index in [2.05, 4.69) is 21.4 Å². The van der Waals surface area contributed by atoms with Gasteiger partial charge in [-0.05, 0) is 30.4 Å². The number of hydrogen-bond donors (Lipinski definition) is 2. The van der Waals surface area contributed by atoms with Gasteiger partial charge in [-0.1, -0.05) is 38.8 Å². The van der Waals surface area contributed by atoms with Crippen LogP contribution >= 0.6 is 0 Å². The number of pyridine rings is 1. The van der Waals surface area contributed by atoms with E-state index in [1.54, 1.807) is 6.20 Å². The van der Waals surface area contributed by atoms with Crippen molar-refractivity contribution in [2.75, 3.05) is 6.54 Å². The molecule has 1 fully saturated rings. The second-order valence-corrected chi connectivity index (χ2v) is 9.28. The van der Waals surface area contributed by atoms with Gasteiger partial charge in [-0.2, -0.15) is 0 Å². The molecule has 8 nitrogen and oxygen atoms in total. The van der Waals surface area contributed by atoms with Gasteiger partial charge in [0.05, 0.1) is 24.0 Å². The minimum Gasteiger partial charge on any atom is -0.391 e. The van der Waals surface area contributed by atoms with Crippen molar-refractivity contribution >= 4 is 11.8 Å². The van der Waals surface area contributed by atoms with Crippen LogP contribution in [0.1, 0.15) is 74.2 Å². The molecular formula is C25H32N4O4. The molecule has 33 heavy (non-hydrogen) atoms. The van der Waals surface area contributed by atoms with Gasteiger partial charge in [0.2, 0.25) is 11.8 Å². The van der Waals surface area contributed by atoms with Crippen LogP contribution in [-0.2, 0) is 16.1 Å². The van der Waals surface area contributed by atoms with Crippen LogP contribution in [0.4, 0.5) is 0 Å². The van der Waals surface area contributed by atoms with E-state index < -0.39 is 18.1 Å². The highest BCUT2D eigenvalue weighted by Gasteiger charge is 2.43. The van der Waals surface area contributed by atoms with E-state index in [-0.39, 0.29) is 43.2 Å². The molecule has 0 radical (unpaired) electrons. The van der Waals surface area contributed by atoms with Crippen molar-refractivity contribution in [3.05, 3.63) is 46.6 Å². The van der Waals surface area contributed by atoms with Gasteiger partial charge >= 0.3 is 0 Å². The number of nitrogens with one attached hydrogen (secondary N) is 1. The zero-order valence-corrected chi connectivity index (χ0v) is 19.8. The minimum absolute atomic E-state index is 0.0755. The Balaban J connectivity index is 1.76. The van der Waals surface area contributed by atoms with Gasteiger partial charge in [0.15, 0.2) is 0 Å². The molecular weight excluding hydrogens is 420 g/mol. The number of likely N-dealkylation sites (tertiary alicyclic amines) is 1. The Hall–Kier alpha value is -3.18. The predicted octanol–water partition coefficient (Wildman–Crippen LogP) is 2.50. The largest absolute Gasteiger partial charge is 0.391 e. The van der Waals surface area contributed by atoms with E-state index in [1.807, 2.05) is 46.8 Å². The molecule has 0 aliphatic carbocycles. The van der Waals surface area contributed by atoms with Crippen molar-refractivity contribution in [2.24, 2.45) is 5.92 Å². The number of hydrogen-bond acceptors (Lipinski definition) is 6. The summed E-state index contributed by atoms with van der Waals surface area (Å²) in [6.45, 7) is 10.0. The lowest BCUT2D eigenvalue weighted by Gasteiger charge is -2.28. The summed E-state index contributed by atoms with van der Waals surface area (Å²) in [5, 5.41) is 17.2. The molecule has 2 amide bonds. The highest BCUT2D eigenvalue weighted by molar-refractivity contribution is 5.91. The first-order chi connectivity index (χ1) is 15.6. The van der Waals surface area contributed by atoms with Gasteiger partial charge in [-0.25, -0.2) is 0 Å². The molecule has 2 aromatic rings. The fourth-order valence-corrected chi connectivity index (χ4v) is 4.10. The van der Waals surface area contributed by atoms with Crippen molar-refractivity contribution in [1.82, 2.24) is 20.4 Å². The Morgan fingerprint density at radius 3 is 2.64 bits per heavy atom. The van der Waals surface area contributed by atoms with E-state index in [9.17, 15) is 14.7 Å². The van der Waals surface area contributed by atoms with E-state index >= 15 is 0 Å². The molecule has 0 bridgehead atoms. The molecule has 8 heteroatoms. The van der Waals surface area contributed by atoms with Crippen molar-refractivity contribution in [3.63, 3.8) is 0 Å². The summed E-state index contributed by atoms with van der Waals surface area (Å²) in [5.74, 6) is 1.94. The van der Waals surface area contributed by atoms with Crippen LogP contribution in [0.3, 0.4) is 0 Å². The summed E-state index contributed by atoms with van der Waals surface area (Å²) >= 11 is 0. The lowest BCUT2D eigenvalue weighted by molar-refractivity contribution is -0.141. The zero-order chi connectivity index (χ0) is 24.3. The number of carbonyl (C=O) groups excluding carboxylic acids is 2. The number of aromatic nitrogens is 2. The first-order valence-electron chi connectivity index (χ1n) is 11.3. The molecule has 1 saturated heterocycles. The molecule has 0 spiro atoms. The average Bonchev–Trinajstić information content (AvgIpc) is 3.39. The predicted molar refractivity (Wildman–Crippen MR) is 123 cm³/mol. The molecule has 3 rings (SSSR count). The van der Waals surface area contributed by atoms with Crippen LogP contribution in [0.25, 0.3) is 0 Å². The molecule has 2 N–H and O–H groups in total. The maximum absolute atomic E-state index is 13.5. The van der Waals surface area contributed by atoms with Crippen LogP contribution in [0.15, 0.2) is 22.9 Å². The molecule has 3 heterocycles. The Morgan fingerprint density at radius 2 is 2.06 bits per heavy atom. The molecule has 0 aromatic carbocycles. The molecule has 0 saturated carbocycles. The van der Waals surface area contributed by atoms with Gasteiger partial charge in [-0.3, -0.25) is 14.6 Å². The van der Waals surface area contributed by atoms with Crippen molar-refractivity contribution in [1.29, 1.82) is 0 Å². The van der Waals surface area contributed by atoms with E-state index in [1.165, 1.54) is 4.90 Å². The van der Waals surface area contributed by atoms with Gasteiger partial charge in [0, 0.05) is 30.8 Å². The van der Waals surface area contributed by atoms with Gasteiger partial charge in [0.25, 0.3) is 0 Å². The second-order valence-electron chi connectivity index (χ2n) is 9.28. The van der Waals surface area contributed by atoms with E-state index in [4.69, 9.17) is 10.9 Å². The van der Waals surface area contributed by atoms with Crippen molar-refractivity contribution < 1.29 is 19.2 Å². The molecule has 2 aromatic heterocycles. The number of aliphatic hydroxyl groups is 1. The molecule has 0 unspecified atom stereocenters. The number of aryl methyl sites for hydroxylation is 1. The Bertz CT molecular complexity index is 1050. The normalized spacial score (nSPS) is 19.1. The number of β-amino-alcohol motifs (C(OH)–C–C–N with tert-alkyl or cyclic N) is 1. The maximum Gasteiger partial charge on any atom is 0.243 e. The van der Waals surface area contributed by atoms with E-state index in [0.717, 1.165) is 11.3 Å². The number of terminal acetylenes is 1. The third-order valence-electron chi connectivity index (χ3n) is 6.03. The number of amides is 2. The topological polar surface area (TPSA) is 109 Å². The number of rotatable bonds is 7. The zero-order valence-electron chi connectivity index (χ0n) is 19.8. The van der Waals surface area contributed by atoms with E-state index in [0.29, 0.717) is 17.0 Å². The Labute approximate surface area is 194 Å². The third-order valence-corrected chi connectivity index (χ3v) is 6.03. The van der Waals surface area contributed by atoms with Crippen molar-refractivity contribution in [2.45, 2.75) is 71.6 Å². The summed E-state index contributed by atoms with van der Waals surface area (Å²) in [4.78, 5) is 32.3. The van der Waals surface area contributed by atoms with Crippen LogP contribution < -0.4 is 5.32 Å². The average molecular weight is 453 g/mol. The van der Waals surface area contributed by atoms with Crippen LogP contribution in [0, 0.1) is 25.2 Å². The molecule has 1 aliphatic rings. The summed E-state index contributed by atoms with van der Waals surface area (Å²) in [5.41, 5.74) is 3.02. The fourth-order valence-electron chi connectivity index (χ4n) is 4.10. The number of aliphatic hydroxyl groups excluding tert-OH is 1. The lowest BCUT2D eigenvalue weighted by atomic mass is 9.90. The Morgan fingerprint density at radius 1 is 1.33 bits per heavy atom. The van der Waals surface area contributed by atoms with Gasteiger partial charge in [-0.15, -0.1) is 6.42 Å². The Kier molecular flexibility index (Phi) is 7.54. The third kappa shape index (κ3) is 5.42. The first-order valence-corrected chi connectivity index (χ1v) is 11.3. The second kappa shape index (κ2) is 10.2. The highest BCUT2D eigenvalue weighted by atomic mass is 16.5. The summed E-state index contributed by atoms with van der Waals surface area (Å²) in [6, 6.07) is 2.87. The highest BCUT2D eigenvalue weighted by Crippen LogP contribution is 2.32. The van der Waals surface area contributed by atoms with Crippen LogP contribution in [0.5, 0.6) is 0 Å². The van der Waals surface area contributed by atoms with Crippen LogP contribution in [0.2, 0.25) is 0 Å². The molecule has 176 valence electrons. The smallest absolute Gasteiger partial charge is 0.243 e. The first kappa shape index (κ1) is 24.5. The lowest BCUT2D eigenvalue weighted by Crippen LogP contribution is -2.48. The van der Waals surface area contributed by atoms with Gasteiger partial charge in [0.1, 0.15) is 17.7 Å². The SMILES string of the molecule is C#Cc1cnc(CNC(=O)[C@@H]2C[C@@H](O)CN2C(=O)[C@H](c2cc(C(C)C)no2)C(C)C)c(C)c1. The van der Waals surface area contributed by atoms with Crippen LogP contribution in [-0.4, -0.2) is 50.7 Å². The molecule has 1 aliphatic heterocycles. The minimum atomic E-state index is -0.772. The fraction of sp³-hybridized carbons (Fsp3) is 0.520.